The number of carboxylic acid groups (broad SMARTS) is 1. The van der Waals surface area contributed by atoms with Crippen LogP contribution in [-0.2, 0) is 16.0 Å². The molecule has 2 amide bonds. The maximum Gasteiger partial charge on any atom is 0.322 e. The van der Waals surface area contributed by atoms with Gasteiger partial charge >= 0.3 is 5.97 Å². The number of carbonyl (C=O) groups excluding carboxylic acids is 2. The number of aromatic nitrogens is 2. The number of aryl methyl sites for hydroxylation is 1. The molecule has 0 aliphatic heterocycles. The van der Waals surface area contributed by atoms with E-state index in [1.165, 1.54) is 12.1 Å². The minimum Gasteiger partial charge on any atom is -0.480 e. The number of anilines is 1. The Morgan fingerprint density at radius 1 is 1.19 bits per heavy atom. The van der Waals surface area contributed by atoms with Gasteiger partial charge in [-0.05, 0) is 24.3 Å². The number of carbonyl (C=O) groups is 3. The Labute approximate surface area is 149 Å². The number of hydrogen-bond acceptors (Lipinski definition) is 6. The lowest BCUT2D eigenvalue weighted by Crippen LogP contribution is -2.29. The van der Waals surface area contributed by atoms with Gasteiger partial charge in [0.15, 0.2) is 5.82 Å². The van der Waals surface area contributed by atoms with E-state index in [1.54, 1.807) is 12.1 Å². The van der Waals surface area contributed by atoms with Crippen LogP contribution in [0.4, 0.5) is 5.69 Å². The number of benzene rings is 1. The van der Waals surface area contributed by atoms with E-state index in [4.69, 9.17) is 9.63 Å². The smallest absolute Gasteiger partial charge is 0.322 e. The molecule has 9 heteroatoms. The van der Waals surface area contributed by atoms with Crippen molar-refractivity contribution in [2.24, 2.45) is 0 Å². The molecule has 0 aliphatic rings. The van der Waals surface area contributed by atoms with Crippen molar-refractivity contribution in [2.45, 2.75) is 32.6 Å². The zero-order chi connectivity index (χ0) is 19.1. The summed E-state index contributed by atoms with van der Waals surface area (Å²) in [6.45, 7) is 3.45. The Kier molecular flexibility index (Phi) is 6.42. The zero-order valence-corrected chi connectivity index (χ0v) is 14.5. The van der Waals surface area contributed by atoms with Gasteiger partial charge in [0.05, 0.1) is 0 Å². The molecule has 9 nitrogen and oxygen atoms in total. The van der Waals surface area contributed by atoms with Crippen LogP contribution in [0.2, 0.25) is 0 Å². The van der Waals surface area contributed by atoms with Crippen LogP contribution in [0.5, 0.6) is 0 Å². The summed E-state index contributed by atoms with van der Waals surface area (Å²) in [7, 11) is 0. The van der Waals surface area contributed by atoms with Crippen molar-refractivity contribution in [2.75, 3.05) is 11.9 Å². The third-order valence-electron chi connectivity index (χ3n) is 3.40. The number of aliphatic carboxylic acids is 1. The van der Waals surface area contributed by atoms with E-state index in [0.717, 1.165) is 0 Å². The van der Waals surface area contributed by atoms with Crippen molar-refractivity contribution in [3.63, 3.8) is 0 Å². The van der Waals surface area contributed by atoms with E-state index in [2.05, 4.69) is 20.8 Å². The first-order chi connectivity index (χ1) is 12.3. The zero-order valence-electron chi connectivity index (χ0n) is 14.5. The number of hydrogen-bond donors (Lipinski definition) is 3. The Balaban J connectivity index is 1.82. The molecule has 1 aromatic carbocycles. The molecule has 0 radical (unpaired) electrons. The predicted molar refractivity (Wildman–Crippen MR) is 91.7 cm³/mol. The molecule has 1 aromatic heterocycles. The summed E-state index contributed by atoms with van der Waals surface area (Å²) in [6, 6.07) is 6.13. The molecule has 0 saturated carbocycles. The summed E-state index contributed by atoms with van der Waals surface area (Å²) in [6.07, 6.45) is 0.516. The first-order valence-corrected chi connectivity index (χ1v) is 8.07. The van der Waals surface area contributed by atoms with Crippen LogP contribution < -0.4 is 10.6 Å². The van der Waals surface area contributed by atoms with Crippen molar-refractivity contribution >= 4 is 23.5 Å². The quantitative estimate of drug-likeness (QED) is 0.650. The normalized spacial score (nSPS) is 10.6. The fourth-order valence-electron chi connectivity index (χ4n) is 2.01. The van der Waals surface area contributed by atoms with Crippen molar-refractivity contribution in [1.82, 2.24) is 15.5 Å². The minimum atomic E-state index is -1.12. The predicted octanol–water partition coefficient (Wildman–Crippen LogP) is 1.58. The first kappa shape index (κ1) is 19.1. The van der Waals surface area contributed by atoms with Gasteiger partial charge in [-0.1, -0.05) is 19.0 Å². The molecule has 3 N–H and O–H groups in total. The van der Waals surface area contributed by atoms with E-state index >= 15 is 0 Å². The van der Waals surface area contributed by atoms with Crippen LogP contribution >= 0.6 is 0 Å². The second kappa shape index (κ2) is 8.75. The summed E-state index contributed by atoms with van der Waals surface area (Å²) in [4.78, 5) is 38.3. The number of nitrogens with zero attached hydrogens (tertiary/aromatic N) is 2. The molecule has 138 valence electrons. The lowest BCUT2D eigenvalue weighted by Gasteiger charge is -2.06. The highest BCUT2D eigenvalue weighted by molar-refractivity contribution is 5.97. The minimum absolute atomic E-state index is 0.160. The van der Waals surface area contributed by atoms with Crippen LogP contribution in [0.3, 0.4) is 0 Å². The lowest BCUT2D eigenvalue weighted by atomic mass is 10.2. The molecule has 1 heterocycles. The van der Waals surface area contributed by atoms with Gasteiger partial charge in [-0.3, -0.25) is 14.4 Å². The molecule has 0 saturated heterocycles. The summed E-state index contributed by atoms with van der Waals surface area (Å²) in [5, 5.41) is 17.3. The summed E-state index contributed by atoms with van der Waals surface area (Å²) in [5.74, 6) is -0.664. The van der Waals surface area contributed by atoms with Gasteiger partial charge in [0.1, 0.15) is 6.54 Å². The molecular formula is C17H20N4O5. The molecule has 0 unspecified atom stereocenters. The van der Waals surface area contributed by atoms with Crippen LogP contribution in [0.15, 0.2) is 28.8 Å². The number of nitrogens with one attached hydrogen (secondary N) is 2. The van der Waals surface area contributed by atoms with Gasteiger partial charge in [0, 0.05) is 30.0 Å². The molecule has 2 rings (SSSR count). The average Bonchev–Trinajstić information content (AvgIpc) is 3.08. The molecule has 0 fully saturated rings. The highest BCUT2D eigenvalue weighted by atomic mass is 16.5. The number of amides is 2. The second-order valence-corrected chi connectivity index (χ2v) is 5.90. The van der Waals surface area contributed by atoms with Crippen LogP contribution in [-0.4, -0.2) is 39.6 Å². The Hall–Kier alpha value is -3.23. The van der Waals surface area contributed by atoms with Crippen molar-refractivity contribution < 1.29 is 24.0 Å². The van der Waals surface area contributed by atoms with Crippen LogP contribution in [0.1, 0.15) is 48.3 Å². The third kappa shape index (κ3) is 5.69. The Morgan fingerprint density at radius 2 is 1.88 bits per heavy atom. The molecule has 0 aliphatic carbocycles. The molecule has 0 spiro atoms. The van der Waals surface area contributed by atoms with Gasteiger partial charge in [0.2, 0.25) is 11.8 Å². The van der Waals surface area contributed by atoms with Crippen molar-refractivity contribution in [3.8, 4) is 0 Å². The van der Waals surface area contributed by atoms with E-state index in [1.807, 2.05) is 13.8 Å². The Bertz CT molecular complexity index is 783. The number of rotatable bonds is 8. The average molecular weight is 360 g/mol. The second-order valence-electron chi connectivity index (χ2n) is 5.90. The molecule has 0 atom stereocenters. The first-order valence-electron chi connectivity index (χ1n) is 8.07. The third-order valence-corrected chi connectivity index (χ3v) is 3.40. The van der Waals surface area contributed by atoms with E-state index in [0.29, 0.717) is 29.4 Å². The molecule has 0 bridgehead atoms. The van der Waals surface area contributed by atoms with Gasteiger partial charge in [0.25, 0.3) is 5.91 Å². The highest BCUT2D eigenvalue weighted by Gasteiger charge is 2.12. The highest BCUT2D eigenvalue weighted by Crippen LogP contribution is 2.12. The standard InChI is InChI=1S/C17H20N4O5/c1-10(2)16-20-14(26-21-16)8-7-13(22)19-12-5-3-11(4-6-12)17(25)18-9-15(23)24/h3-6,10H,7-9H2,1-2H3,(H,18,25)(H,19,22)(H,23,24). The van der Waals surface area contributed by atoms with Gasteiger partial charge < -0.3 is 20.3 Å². The molecule has 26 heavy (non-hydrogen) atoms. The SMILES string of the molecule is CC(C)c1noc(CCC(=O)Nc2ccc(C(=O)NCC(=O)O)cc2)n1. The van der Waals surface area contributed by atoms with Crippen LogP contribution in [0, 0.1) is 0 Å². The van der Waals surface area contributed by atoms with Gasteiger partial charge in [-0.15, -0.1) is 0 Å². The maximum absolute atomic E-state index is 12.0. The van der Waals surface area contributed by atoms with Gasteiger partial charge in [-0.25, -0.2) is 0 Å². The number of carboxylic acids is 1. The molecule has 2 aromatic rings. The summed E-state index contributed by atoms with van der Waals surface area (Å²) < 4.78 is 5.08. The van der Waals surface area contributed by atoms with Gasteiger partial charge in [-0.2, -0.15) is 4.98 Å². The van der Waals surface area contributed by atoms with E-state index in [9.17, 15) is 14.4 Å². The fourth-order valence-corrected chi connectivity index (χ4v) is 2.01. The summed E-state index contributed by atoms with van der Waals surface area (Å²) in [5.41, 5.74) is 0.828. The fraction of sp³-hybridized carbons (Fsp3) is 0.353. The monoisotopic (exact) mass is 360 g/mol. The largest absolute Gasteiger partial charge is 0.480 e. The summed E-state index contributed by atoms with van der Waals surface area (Å²) >= 11 is 0. The van der Waals surface area contributed by atoms with E-state index < -0.39 is 18.4 Å². The van der Waals surface area contributed by atoms with Crippen molar-refractivity contribution in [3.05, 3.63) is 41.5 Å². The maximum atomic E-state index is 12.0. The van der Waals surface area contributed by atoms with Crippen molar-refractivity contribution in [1.29, 1.82) is 0 Å². The molecular weight excluding hydrogens is 340 g/mol. The van der Waals surface area contributed by atoms with E-state index in [-0.39, 0.29) is 18.2 Å². The topological polar surface area (TPSA) is 134 Å². The Morgan fingerprint density at radius 3 is 2.46 bits per heavy atom. The lowest BCUT2D eigenvalue weighted by molar-refractivity contribution is -0.135. The van der Waals surface area contributed by atoms with Crippen LogP contribution in [0.25, 0.3) is 0 Å².